The monoisotopic (exact) mass is 214 g/mol. The van der Waals surface area contributed by atoms with E-state index in [1.807, 2.05) is 5.38 Å². The molecule has 0 radical (unpaired) electrons. The number of esters is 1. The Labute approximate surface area is 86.3 Å². The summed E-state index contributed by atoms with van der Waals surface area (Å²) in [7, 11) is 0. The summed E-state index contributed by atoms with van der Waals surface area (Å²) in [6.45, 7) is 0. The molecule has 1 heterocycles. The van der Waals surface area contributed by atoms with Crippen LogP contribution in [0, 0.1) is 0 Å². The van der Waals surface area contributed by atoms with Crippen molar-refractivity contribution >= 4 is 29.9 Å². The topological polar surface area (TPSA) is 26.3 Å². The van der Waals surface area contributed by atoms with Crippen LogP contribution in [0.2, 0.25) is 0 Å². The highest BCUT2D eigenvalue weighted by Gasteiger charge is 2.22. The number of thiophene rings is 1. The zero-order chi connectivity index (χ0) is 9.26. The van der Waals surface area contributed by atoms with Crippen molar-refractivity contribution in [3.8, 4) is 0 Å². The summed E-state index contributed by atoms with van der Waals surface area (Å²) in [4.78, 5) is 12.9. The minimum Gasteiger partial charge on any atom is -0.458 e. The van der Waals surface area contributed by atoms with Crippen LogP contribution in [0.3, 0.4) is 0 Å². The maximum atomic E-state index is 11.4. The molecule has 1 aliphatic rings. The fourth-order valence-corrected chi connectivity index (χ4v) is 2.16. The molecule has 1 aliphatic carbocycles. The SMILES string of the molecule is O=C(OC1CCC1)c1cc(S)cs1. The normalized spacial score (nSPS) is 16.7. The molecule has 0 amide bonds. The van der Waals surface area contributed by atoms with Gasteiger partial charge in [0.25, 0.3) is 0 Å². The lowest BCUT2D eigenvalue weighted by Crippen LogP contribution is -2.24. The van der Waals surface area contributed by atoms with Gasteiger partial charge in [0, 0.05) is 10.3 Å². The Morgan fingerprint density at radius 1 is 1.62 bits per heavy atom. The fourth-order valence-electron chi connectivity index (χ4n) is 1.13. The third kappa shape index (κ3) is 2.06. The molecule has 1 aromatic rings. The third-order valence-electron chi connectivity index (χ3n) is 2.11. The molecule has 0 spiro atoms. The van der Waals surface area contributed by atoms with E-state index in [1.54, 1.807) is 6.07 Å². The molecule has 4 heteroatoms. The van der Waals surface area contributed by atoms with Gasteiger partial charge in [0.1, 0.15) is 11.0 Å². The quantitative estimate of drug-likeness (QED) is 0.605. The van der Waals surface area contributed by atoms with Crippen molar-refractivity contribution in [1.29, 1.82) is 0 Å². The van der Waals surface area contributed by atoms with Gasteiger partial charge in [0.05, 0.1) is 0 Å². The van der Waals surface area contributed by atoms with E-state index in [2.05, 4.69) is 12.6 Å². The van der Waals surface area contributed by atoms with Crippen LogP contribution in [0.1, 0.15) is 28.9 Å². The van der Waals surface area contributed by atoms with E-state index in [9.17, 15) is 4.79 Å². The predicted octanol–water partition coefficient (Wildman–Crippen LogP) is 2.75. The zero-order valence-corrected chi connectivity index (χ0v) is 8.74. The number of carbonyl (C=O) groups excluding carboxylic acids is 1. The van der Waals surface area contributed by atoms with Gasteiger partial charge in [-0.2, -0.15) is 0 Å². The Bertz CT molecular complexity index is 315. The lowest BCUT2D eigenvalue weighted by molar-refractivity contribution is 0.00954. The number of hydrogen-bond acceptors (Lipinski definition) is 4. The highest BCUT2D eigenvalue weighted by Crippen LogP contribution is 2.25. The zero-order valence-electron chi connectivity index (χ0n) is 7.03. The first kappa shape index (κ1) is 9.09. The van der Waals surface area contributed by atoms with Gasteiger partial charge in [-0.25, -0.2) is 4.79 Å². The molecule has 0 bridgehead atoms. The first-order valence-electron chi connectivity index (χ1n) is 4.24. The number of ether oxygens (including phenoxy) is 1. The Morgan fingerprint density at radius 3 is 2.85 bits per heavy atom. The standard InChI is InChI=1S/C9H10O2S2/c10-9(11-6-2-1-3-6)8-4-7(12)5-13-8/h4-6,12H,1-3H2. The number of thiol groups is 1. The van der Waals surface area contributed by atoms with E-state index in [0.29, 0.717) is 4.88 Å². The van der Waals surface area contributed by atoms with Crippen molar-refractivity contribution in [3.05, 3.63) is 16.3 Å². The van der Waals surface area contributed by atoms with Gasteiger partial charge >= 0.3 is 5.97 Å². The molecule has 1 aromatic heterocycles. The maximum absolute atomic E-state index is 11.4. The van der Waals surface area contributed by atoms with Crippen molar-refractivity contribution < 1.29 is 9.53 Å². The summed E-state index contributed by atoms with van der Waals surface area (Å²) in [5.74, 6) is -0.199. The van der Waals surface area contributed by atoms with Crippen LogP contribution in [0.15, 0.2) is 16.3 Å². The number of hydrogen-bond donors (Lipinski definition) is 1. The van der Waals surface area contributed by atoms with Crippen LogP contribution >= 0.6 is 24.0 Å². The second kappa shape index (κ2) is 3.72. The van der Waals surface area contributed by atoms with Gasteiger partial charge in [-0.3, -0.25) is 0 Å². The second-order valence-corrected chi connectivity index (χ2v) is 4.56. The summed E-state index contributed by atoms with van der Waals surface area (Å²) in [6.07, 6.45) is 3.38. The molecular weight excluding hydrogens is 204 g/mol. The molecule has 2 nitrogen and oxygen atoms in total. The van der Waals surface area contributed by atoms with Crippen molar-refractivity contribution in [1.82, 2.24) is 0 Å². The highest BCUT2D eigenvalue weighted by molar-refractivity contribution is 7.80. The van der Waals surface area contributed by atoms with Crippen LogP contribution in [0.4, 0.5) is 0 Å². The van der Waals surface area contributed by atoms with Gasteiger partial charge in [0.2, 0.25) is 0 Å². The molecule has 0 atom stereocenters. The van der Waals surface area contributed by atoms with Gasteiger partial charge < -0.3 is 4.74 Å². The number of carbonyl (C=O) groups is 1. The average molecular weight is 214 g/mol. The smallest absolute Gasteiger partial charge is 0.348 e. The molecule has 0 aromatic carbocycles. The molecule has 13 heavy (non-hydrogen) atoms. The van der Waals surface area contributed by atoms with E-state index >= 15 is 0 Å². The molecule has 0 saturated heterocycles. The second-order valence-electron chi connectivity index (χ2n) is 3.13. The van der Waals surface area contributed by atoms with Crippen molar-refractivity contribution in [3.63, 3.8) is 0 Å². The minimum absolute atomic E-state index is 0.165. The lowest BCUT2D eigenvalue weighted by atomic mass is 9.96. The lowest BCUT2D eigenvalue weighted by Gasteiger charge is -2.24. The third-order valence-corrected chi connectivity index (χ3v) is 3.46. The molecular formula is C9H10O2S2. The summed E-state index contributed by atoms with van der Waals surface area (Å²) in [5, 5.41) is 1.83. The van der Waals surface area contributed by atoms with Crippen LogP contribution < -0.4 is 0 Å². The Hall–Kier alpha value is -0.480. The summed E-state index contributed by atoms with van der Waals surface area (Å²) in [6, 6.07) is 1.74. The molecule has 1 fully saturated rings. The van der Waals surface area contributed by atoms with Crippen molar-refractivity contribution in [2.24, 2.45) is 0 Å². The Balaban J connectivity index is 1.96. The highest BCUT2D eigenvalue weighted by atomic mass is 32.1. The van der Waals surface area contributed by atoms with Gasteiger partial charge in [-0.15, -0.1) is 24.0 Å². The van der Waals surface area contributed by atoms with Gasteiger partial charge in [-0.1, -0.05) is 0 Å². The van der Waals surface area contributed by atoms with E-state index in [0.717, 1.165) is 17.7 Å². The van der Waals surface area contributed by atoms with Gasteiger partial charge in [-0.05, 0) is 25.3 Å². The summed E-state index contributed by atoms with van der Waals surface area (Å²) in [5.41, 5.74) is 0. The van der Waals surface area contributed by atoms with Crippen molar-refractivity contribution in [2.75, 3.05) is 0 Å². The predicted molar refractivity (Wildman–Crippen MR) is 54.6 cm³/mol. The summed E-state index contributed by atoms with van der Waals surface area (Å²) < 4.78 is 5.22. The molecule has 0 N–H and O–H groups in total. The fraction of sp³-hybridized carbons (Fsp3) is 0.444. The summed E-state index contributed by atoms with van der Waals surface area (Å²) >= 11 is 5.51. The van der Waals surface area contributed by atoms with Crippen LogP contribution in [-0.2, 0) is 4.74 Å². The minimum atomic E-state index is -0.199. The van der Waals surface area contributed by atoms with E-state index < -0.39 is 0 Å². The largest absolute Gasteiger partial charge is 0.458 e. The van der Waals surface area contributed by atoms with Gasteiger partial charge in [0.15, 0.2) is 0 Å². The molecule has 2 rings (SSSR count). The van der Waals surface area contributed by atoms with Crippen LogP contribution in [0.25, 0.3) is 0 Å². The maximum Gasteiger partial charge on any atom is 0.348 e. The van der Waals surface area contributed by atoms with Crippen LogP contribution in [-0.4, -0.2) is 12.1 Å². The van der Waals surface area contributed by atoms with E-state index in [1.165, 1.54) is 17.8 Å². The molecule has 1 saturated carbocycles. The Kier molecular flexibility index (Phi) is 2.60. The molecule has 0 aliphatic heterocycles. The van der Waals surface area contributed by atoms with Crippen LogP contribution in [0.5, 0.6) is 0 Å². The first-order valence-corrected chi connectivity index (χ1v) is 5.57. The average Bonchev–Trinajstić information content (AvgIpc) is 2.44. The number of rotatable bonds is 2. The van der Waals surface area contributed by atoms with E-state index in [4.69, 9.17) is 4.74 Å². The first-order chi connectivity index (χ1) is 6.25. The van der Waals surface area contributed by atoms with Crippen molar-refractivity contribution in [2.45, 2.75) is 30.3 Å². The Morgan fingerprint density at radius 2 is 2.38 bits per heavy atom. The molecule has 70 valence electrons. The van der Waals surface area contributed by atoms with E-state index in [-0.39, 0.29) is 12.1 Å². The molecule has 0 unspecified atom stereocenters.